The number of hydrogen-bond acceptors (Lipinski definition) is 7. The molecule has 5 rings (SSSR count). The van der Waals surface area contributed by atoms with E-state index < -0.39 is 11.7 Å². The molecule has 2 atom stereocenters. The average molecular weight is 424 g/mol. The quantitative estimate of drug-likeness (QED) is 0.480. The molecule has 31 heavy (non-hydrogen) atoms. The number of nitrogens with one attached hydrogen (secondary N) is 3. The summed E-state index contributed by atoms with van der Waals surface area (Å²) in [5, 5.41) is 14.1. The number of imidazole rings is 1. The van der Waals surface area contributed by atoms with Crippen molar-refractivity contribution in [3.63, 3.8) is 0 Å². The summed E-state index contributed by atoms with van der Waals surface area (Å²) < 4.78 is 15.4. The third-order valence-corrected chi connectivity index (χ3v) is 5.72. The first-order chi connectivity index (χ1) is 15.1. The lowest BCUT2D eigenvalue weighted by Gasteiger charge is -2.27. The zero-order valence-corrected chi connectivity index (χ0v) is 17.0. The number of carbonyl (C=O) groups excluding carboxylic acids is 1. The van der Waals surface area contributed by atoms with E-state index >= 15 is 0 Å². The van der Waals surface area contributed by atoms with Gasteiger partial charge in [-0.15, -0.1) is 5.10 Å². The van der Waals surface area contributed by atoms with Gasteiger partial charge in [0, 0.05) is 30.4 Å². The molecule has 2 saturated carbocycles. The van der Waals surface area contributed by atoms with Crippen molar-refractivity contribution in [3.8, 4) is 0 Å². The first-order valence-electron chi connectivity index (χ1n) is 10.6. The number of anilines is 3. The maximum Gasteiger partial charge on any atom is 0.276 e. The molecule has 0 radical (unpaired) electrons. The van der Waals surface area contributed by atoms with Crippen LogP contribution >= 0.6 is 0 Å². The molecule has 9 nitrogen and oxygen atoms in total. The maximum absolute atomic E-state index is 13.9. The van der Waals surface area contributed by atoms with Gasteiger partial charge in [0.1, 0.15) is 5.82 Å². The molecule has 0 bridgehead atoms. The molecule has 3 heterocycles. The molecule has 2 fully saturated rings. The van der Waals surface area contributed by atoms with Gasteiger partial charge < -0.3 is 21.7 Å². The number of amides is 1. The zero-order chi connectivity index (χ0) is 21.4. The lowest BCUT2D eigenvalue weighted by Crippen LogP contribution is -2.35. The molecule has 0 saturated heterocycles. The van der Waals surface area contributed by atoms with Crippen LogP contribution in [0.25, 0.3) is 5.65 Å². The summed E-state index contributed by atoms with van der Waals surface area (Å²) in [6.07, 6.45) is 10.1. The molecule has 2 aliphatic carbocycles. The summed E-state index contributed by atoms with van der Waals surface area (Å²) in [6, 6.07) is 4.16. The number of rotatable bonds is 6. The fourth-order valence-electron chi connectivity index (χ4n) is 3.98. The van der Waals surface area contributed by atoms with E-state index in [0.29, 0.717) is 17.5 Å². The van der Waals surface area contributed by atoms with Gasteiger partial charge in [0.25, 0.3) is 5.91 Å². The highest BCUT2D eigenvalue weighted by Crippen LogP contribution is 2.29. The predicted octanol–water partition coefficient (Wildman–Crippen LogP) is 2.77. The molecule has 2 aliphatic rings. The Balaban J connectivity index is 1.47. The SMILES string of the molecule is NC1CCCC(Nc2cc(NC3CC3)c3ncc(C(=O)Nc4ccncc4F)n3n2)C1. The van der Waals surface area contributed by atoms with E-state index in [4.69, 9.17) is 5.73 Å². The summed E-state index contributed by atoms with van der Waals surface area (Å²) in [4.78, 5) is 21.0. The molecule has 10 heteroatoms. The van der Waals surface area contributed by atoms with Crippen LogP contribution in [0.1, 0.15) is 49.0 Å². The van der Waals surface area contributed by atoms with Crippen LogP contribution in [0.4, 0.5) is 21.6 Å². The highest BCUT2D eigenvalue weighted by molar-refractivity contribution is 6.03. The average Bonchev–Trinajstić information content (AvgIpc) is 3.45. The highest BCUT2D eigenvalue weighted by Gasteiger charge is 2.25. The summed E-state index contributed by atoms with van der Waals surface area (Å²) >= 11 is 0. The van der Waals surface area contributed by atoms with Crippen LogP contribution in [-0.4, -0.2) is 43.6 Å². The van der Waals surface area contributed by atoms with Gasteiger partial charge in [-0.05, 0) is 44.6 Å². The second-order valence-corrected chi connectivity index (χ2v) is 8.32. The monoisotopic (exact) mass is 424 g/mol. The zero-order valence-electron chi connectivity index (χ0n) is 17.0. The summed E-state index contributed by atoms with van der Waals surface area (Å²) in [5.74, 6) is -0.457. The van der Waals surface area contributed by atoms with E-state index in [-0.39, 0.29) is 23.5 Å². The van der Waals surface area contributed by atoms with Crippen molar-refractivity contribution in [2.75, 3.05) is 16.0 Å². The van der Waals surface area contributed by atoms with Crippen LogP contribution in [0, 0.1) is 5.82 Å². The Bertz CT molecular complexity index is 1110. The van der Waals surface area contributed by atoms with E-state index in [2.05, 4.69) is 31.0 Å². The van der Waals surface area contributed by atoms with Crippen LogP contribution in [0.3, 0.4) is 0 Å². The fraction of sp³-hybridized carbons (Fsp3) is 0.429. The second-order valence-electron chi connectivity index (χ2n) is 8.32. The van der Waals surface area contributed by atoms with Gasteiger partial charge >= 0.3 is 0 Å². The number of hydrogen-bond donors (Lipinski definition) is 4. The second kappa shape index (κ2) is 8.10. The van der Waals surface area contributed by atoms with Crippen LogP contribution in [0.15, 0.2) is 30.7 Å². The van der Waals surface area contributed by atoms with Gasteiger partial charge in [0.2, 0.25) is 0 Å². The van der Waals surface area contributed by atoms with E-state index in [9.17, 15) is 9.18 Å². The Morgan fingerprint density at radius 1 is 1.13 bits per heavy atom. The predicted molar refractivity (Wildman–Crippen MR) is 116 cm³/mol. The molecule has 2 unspecified atom stereocenters. The third-order valence-electron chi connectivity index (χ3n) is 5.72. The van der Waals surface area contributed by atoms with Crippen molar-refractivity contribution in [1.82, 2.24) is 19.6 Å². The molecule has 162 valence electrons. The van der Waals surface area contributed by atoms with Crippen LogP contribution in [0.5, 0.6) is 0 Å². The van der Waals surface area contributed by atoms with E-state index in [1.54, 1.807) is 0 Å². The van der Waals surface area contributed by atoms with Crippen molar-refractivity contribution in [1.29, 1.82) is 0 Å². The Hall–Kier alpha value is -3.27. The number of halogens is 1. The number of aromatic nitrogens is 4. The first-order valence-corrected chi connectivity index (χ1v) is 10.6. The third kappa shape index (κ3) is 4.29. The molecule has 0 aromatic carbocycles. The normalized spacial score (nSPS) is 21.1. The van der Waals surface area contributed by atoms with E-state index in [1.165, 1.54) is 23.0 Å². The van der Waals surface area contributed by atoms with Gasteiger partial charge in [-0.3, -0.25) is 9.78 Å². The summed E-state index contributed by atoms with van der Waals surface area (Å²) in [5.41, 5.74) is 7.77. The molecular weight excluding hydrogens is 399 g/mol. The van der Waals surface area contributed by atoms with Crippen molar-refractivity contribution in [2.45, 2.75) is 56.7 Å². The Labute approximate surface area is 178 Å². The molecule has 5 N–H and O–H groups in total. The lowest BCUT2D eigenvalue weighted by molar-refractivity contribution is 0.102. The Morgan fingerprint density at radius 3 is 2.77 bits per heavy atom. The molecule has 0 aliphatic heterocycles. The van der Waals surface area contributed by atoms with Crippen molar-refractivity contribution < 1.29 is 9.18 Å². The standard InChI is InChI=1S/C21H25FN8O/c22-15-10-24-7-6-16(15)28-21(31)18-11-25-20-17(26-13-4-5-13)9-19(29-30(18)20)27-14-3-1-2-12(23)8-14/h6-7,9-14,26H,1-5,8,23H2,(H,27,29)(H,24,28,31). The van der Waals surface area contributed by atoms with E-state index in [0.717, 1.165) is 50.4 Å². The minimum absolute atomic E-state index is 0.0525. The van der Waals surface area contributed by atoms with Gasteiger partial charge in [0.15, 0.2) is 17.2 Å². The minimum Gasteiger partial charge on any atom is -0.379 e. The van der Waals surface area contributed by atoms with Gasteiger partial charge in [-0.25, -0.2) is 13.9 Å². The molecule has 3 aromatic heterocycles. The van der Waals surface area contributed by atoms with Crippen LogP contribution in [-0.2, 0) is 0 Å². The minimum atomic E-state index is -0.607. The topological polar surface area (TPSA) is 122 Å². The van der Waals surface area contributed by atoms with Crippen molar-refractivity contribution in [3.05, 3.63) is 42.2 Å². The molecule has 1 amide bonds. The first kappa shape index (κ1) is 19.7. The highest BCUT2D eigenvalue weighted by atomic mass is 19.1. The van der Waals surface area contributed by atoms with Crippen LogP contribution < -0.4 is 21.7 Å². The fourth-order valence-corrected chi connectivity index (χ4v) is 3.98. The van der Waals surface area contributed by atoms with Gasteiger partial charge in [0.05, 0.1) is 23.8 Å². The van der Waals surface area contributed by atoms with Crippen LogP contribution in [0.2, 0.25) is 0 Å². The smallest absolute Gasteiger partial charge is 0.276 e. The molecular formula is C21H25FN8O. The summed E-state index contributed by atoms with van der Waals surface area (Å²) in [6.45, 7) is 0. The lowest BCUT2D eigenvalue weighted by atomic mass is 9.92. The number of carbonyl (C=O) groups is 1. The molecule has 3 aromatic rings. The number of pyridine rings is 1. The van der Waals surface area contributed by atoms with Gasteiger partial charge in [-0.1, -0.05) is 0 Å². The summed E-state index contributed by atoms with van der Waals surface area (Å²) in [7, 11) is 0. The number of nitrogens with zero attached hydrogens (tertiary/aromatic N) is 4. The van der Waals surface area contributed by atoms with Crippen molar-refractivity contribution in [2.24, 2.45) is 5.73 Å². The Morgan fingerprint density at radius 2 is 2.00 bits per heavy atom. The largest absolute Gasteiger partial charge is 0.379 e. The number of fused-ring (bicyclic) bond motifs is 1. The van der Waals surface area contributed by atoms with Crippen molar-refractivity contribution >= 4 is 28.7 Å². The van der Waals surface area contributed by atoms with Gasteiger partial charge in [-0.2, -0.15) is 0 Å². The Kier molecular flexibility index (Phi) is 5.14. The molecule has 0 spiro atoms. The number of nitrogens with two attached hydrogens (primary N) is 1. The van der Waals surface area contributed by atoms with E-state index in [1.807, 2.05) is 6.07 Å². The maximum atomic E-state index is 13.9.